The summed E-state index contributed by atoms with van der Waals surface area (Å²) in [5, 5.41) is 16.1. The van der Waals surface area contributed by atoms with Crippen molar-refractivity contribution < 1.29 is 22.9 Å². The molecular weight excluding hydrogens is 341 g/mol. The molecule has 1 amide bonds. The van der Waals surface area contributed by atoms with Crippen LogP contribution in [0.1, 0.15) is 15.9 Å². The highest BCUT2D eigenvalue weighted by atomic mass is 19.4. The van der Waals surface area contributed by atoms with Crippen LogP contribution in [0.15, 0.2) is 18.2 Å². The number of carbonyl (C=O) groups is 1. The average Bonchev–Trinajstić information content (AvgIpc) is 2.54. The van der Waals surface area contributed by atoms with E-state index in [2.05, 4.69) is 10.6 Å². The summed E-state index contributed by atoms with van der Waals surface area (Å²) in [7, 11) is 0. The van der Waals surface area contributed by atoms with Gasteiger partial charge in [-0.15, -0.1) is 0 Å². The fourth-order valence-electron chi connectivity index (χ4n) is 2.68. The summed E-state index contributed by atoms with van der Waals surface area (Å²) in [5.41, 5.74) is 0.0798. The summed E-state index contributed by atoms with van der Waals surface area (Å²) >= 11 is 0. The van der Waals surface area contributed by atoms with Crippen molar-refractivity contribution in [2.24, 2.45) is 0 Å². The van der Waals surface area contributed by atoms with Crippen LogP contribution in [-0.4, -0.2) is 60.7 Å². The second-order valence-electron chi connectivity index (χ2n) is 5.81. The summed E-state index contributed by atoms with van der Waals surface area (Å²) in [4.78, 5) is 23.7. The SMILES string of the molecule is Cc1ccc(C(=O)NCC(N2CCNCC2)C(F)(F)F)cc1[N+](=O)[O-]. The van der Waals surface area contributed by atoms with Crippen LogP contribution >= 0.6 is 0 Å². The molecule has 1 heterocycles. The number of amides is 1. The van der Waals surface area contributed by atoms with Gasteiger partial charge in [0.25, 0.3) is 11.6 Å². The van der Waals surface area contributed by atoms with Gasteiger partial charge in [-0.05, 0) is 13.0 Å². The lowest BCUT2D eigenvalue weighted by Crippen LogP contribution is -2.57. The molecule has 1 aliphatic heterocycles. The average molecular weight is 360 g/mol. The summed E-state index contributed by atoms with van der Waals surface area (Å²) in [6.07, 6.45) is -4.48. The van der Waals surface area contributed by atoms with Crippen LogP contribution in [0, 0.1) is 17.0 Å². The Morgan fingerprint density at radius 2 is 2.04 bits per heavy atom. The van der Waals surface area contributed by atoms with Crippen molar-refractivity contribution >= 4 is 11.6 Å². The van der Waals surface area contributed by atoms with E-state index in [4.69, 9.17) is 0 Å². The minimum atomic E-state index is -4.48. The number of nitrogens with zero attached hydrogens (tertiary/aromatic N) is 2. The van der Waals surface area contributed by atoms with Crippen LogP contribution in [0.2, 0.25) is 0 Å². The third-order valence-electron chi connectivity index (χ3n) is 4.09. The van der Waals surface area contributed by atoms with Crippen LogP contribution in [-0.2, 0) is 0 Å². The van der Waals surface area contributed by atoms with Gasteiger partial charge in [0.2, 0.25) is 0 Å². The predicted octanol–water partition coefficient (Wildman–Crippen LogP) is 1.47. The Kier molecular flexibility index (Phi) is 5.96. The third-order valence-corrected chi connectivity index (χ3v) is 4.09. The number of hydrogen-bond donors (Lipinski definition) is 2. The topological polar surface area (TPSA) is 87.5 Å². The van der Waals surface area contributed by atoms with Crippen molar-refractivity contribution in [2.45, 2.75) is 19.1 Å². The first-order chi connectivity index (χ1) is 11.7. The summed E-state index contributed by atoms with van der Waals surface area (Å²) < 4.78 is 39.8. The first-order valence-corrected chi connectivity index (χ1v) is 7.75. The molecule has 1 fully saturated rings. The van der Waals surface area contributed by atoms with Gasteiger partial charge in [0.05, 0.1) is 4.92 Å². The number of alkyl halides is 3. The zero-order valence-corrected chi connectivity index (χ0v) is 13.6. The molecule has 1 aromatic carbocycles. The predicted molar refractivity (Wildman–Crippen MR) is 84.5 cm³/mol. The lowest BCUT2D eigenvalue weighted by atomic mass is 10.1. The highest BCUT2D eigenvalue weighted by molar-refractivity contribution is 5.95. The largest absolute Gasteiger partial charge is 0.405 e. The van der Waals surface area contributed by atoms with E-state index < -0.39 is 29.6 Å². The first-order valence-electron chi connectivity index (χ1n) is 7.75. The molecule has 10 heteroatoms. The zero-order chi connectivity index (χ0) is 18.6. The quantitative estimate of drug-likeness (QED) is 0.613. The molecule has 0 aliphatic carbocycles. The maximum absolute atomic E-state index is 13.3. The maximum atomic E-state index is 13.3. The van der Waals surface area contributed by atoms with E-state index in [0.29, 0.717) is 18.7 Å². The molecule has 1 aromatic rings. The lowest BCUT2D eigenvalue weighted by Gasteiger charge is -2.35. The highest BCUT2D eigenvalue weighted by Gasteiger charge is 2.43. The number of halogens is 3. The molecule has 7 nitrogen and oxygen atoms in total. The van der Waals surface area contributed by atoms with Crippen molar-refractivity contribution in [1.82, 2.24) is 15.5 Å². The Hall–Kier alpha value is -2.20. The molecule has 0 saturated carbocycles. The van der Waals surface area contributed by atoms with E-state index in [9.17, 15) is 28.1 Å². The Morgan fingerprint density at radius 1 is 1.40 bits per heavy atom. The molecule has 0 spiro atoms. The van der Waals surface area contributed by atoms with Crippen molar-refractivity contribution in [1.29, 1.82) is 0 Å². The molecule has 1 saturated heterocycles. The molecule has 1 aliphatic rings. The molecule has 0 bridgehead atoms. The van der Waals surface area contributed by atoms with E-state index in [1.54, 1.807) is 0 Å². The summed E-state index contributed by atoms with van der Waals surface area (Å²) in [6.45, 7) is 2.27. The van der Waals surface area contributed by atoms with E-state index in [1.165, 1.54) is 24.0 Å². The standard InChI is InChI=1S/C15H19F3N4O3/c1-10-2-3-11(8-12(10)22(24)25)14(23)20-9-13(15(16,17)18)21-6-4-19-5-7-21/h2-3,8,13,19H,4-7,9H2,1H3,(H,20,23). The normalized spacial score (nSPS) is 17.1. The molecule has 25 heavy (non-hydrogen) atoms. The van der Waals surface area contributed by atoms with E-state index >= 15 is 0 Å². The highest BCUT2D eigenvalue weighted by Crippen LogP contribution is 2.25. The van der Waals surface area contributed by atoms with Gasteiger partial charge >= 0.3 is 6.18 Å². The Bertz CT molecular complexity index is 645. The minimum absolute atomic E-state index is 0.0430. The van der Waals surface area contributed by atoms with Gasteiger partial charge in [0.15, 0.2) is 0 Å². The van der Waals surface area contributed by atoms with Gasteiger partial charge in [0, 0.05) is 49.9 Å². The van der Waals surface area contributed by atoms with Gasteiger partial charge < -0.3 is 10.6 Å². The number of nitro benzene ring substituents is 1. The van der Waals surface area contributed by atoms with Gasteiger partial charge in [-0.1, -0.05) is 6.07 Å². The third kappa shape index (κ3) is 4.89. The number of aryl methyl sites for hydroxylation is 1. The zero-order valence-electron chi connectivity index (χ0n) is 13.6. The van der Waals surface area contributed by atoms with Crippen LogP contribution in [0.4, 0.5) is 18.9 Å². The fraction of sp³-hybridized carbons (Fsp3) is 0.533. The second-order valence-corrected chi connectivity index (χ2v) is 5.81. The van der Waals surface area contributed by atoms with Crippen LogP contribution in [0.5, 0.6) is 0 Å². The lowest BCUT2D eigenvalue weighted by molar-refractivity contribution is -0.385. The second kappa shape index (κ2) is 7.79. The number of benzene rings is 1. The Balaban J connectivity index is 2.08. The molecule has 1 atom stereocenters. The Labute approximate surface area is 142 Å². The van der Waals surface area contributed by atoms with Crippen molar-refractivity contribution in [2.75, 3.05) is 32.7 Å². The number of hydrogen-bond acceptors (Lipinski definition) is 5. The molecule has 0 aromatic heterocycles. The maximum Gasteiger partial charge on any atom is 0.405 e. The van der Waals surface area contributed by atoms with Crippen LogP contribution in [0.25, 0.3) is 0 Å². The van der Waals surface area contributed by atoms with Crippen molar-refractivity contribution in [3.05, 3.63) is 39.4 Å². The van der Waals surface area contributed by atoms with E-state index in [-0.39, 0.29) is 24.3 Å². The summed E-state index contributed by atoms with van der Waals surface area (Å²) in [5.74, 6) is -0.771. The van der Waals surface area contributed by atoms with Crippen LogP contribution < -0.4 is 10.6 Å². The monoisotopic (exact) mass is 360 g/mol. The van der Waals surface area contributed by atoms with Gasteiger partial charge in [-0.25, -0.2) is 0 Å². The number of nitrogens with one attached hydrogen (secondary N) is 2. The van der Waals surface area contributed by atoms with Crippen molar-refractivity contribution in [3.63, 3.8) is 0 Å². The van der Waals surface area contributed by atoms with Crippen LogP contribution in [0.3, 0.4) is 0 Å². The van der Waals surface area contributed by atoms with Crippen molar-refractivity contribution in [3.8, 4) is 0 Å². The minimum Gasteiger partial charge on any atom is -0.350 e. The van der Waals surface area contributed by atoms with Gasteiger partial charge in [0.1, 0.15) is 6.04 Å². The molecule has 2 rings (SSSR count). The number of rotatable bonds is 5. The van der Waals surface area contributed by atoms with Gasteiger partial charge in [-0.2, -0.15) is 13.2 Å². The molecular formula is C15H19F3N4O3. The molecule has 0 radical (unpaired) electrons. The molecule has 138 valence electrons. The number of piperazine rings is 1. The number of carbonyl (C=O) groups excluding carboxylic acids is 1. The fourth-order valence-corrected chi connectivity index (χ4v) is 2.68. The first kappa shape index (κ1) is 19.1. The van der Waals surface area contributed by atoms with E-state index in [0.717, 1.165) is 6.07 Å². The molecule has 2 N–H and O–H groups in total. The smallest absolute Gasteiger partial charge is 0.350 e. The van der Waals surface area contributed by atoms with Gasteiger partial charge in [-0.3, -0.25) is 19.8 Å². The Morgan fingerprint density at radius 3 is 2.60 bits per heavy atom. The summed E-state index contributed by atoms with van der Waals surface area (Å²) in [6, 6.07) is 2.02. The van der Waals surface area contributed by atoms with E-state index in [1.807, 2.05) is 0 Å². The number of nitro groups is 1. The molecule has 1 unspecified atom stereocenters.